The smallest absolute Gasteiger partial charge is 0.255 e. The summed E-state index contributed by atoms with van der Waals surface area (Å²) in [5.41, 5.74) is 2.78. The van der Waals surface area contributed by atoms with Crippen molar-refractivity contribution in [1.82, 2.24) is 14.5 Å². The third-order valence-corrected chi connectivity index (χ3v) is 4.42. The summed E-state index contributed by atoms with van der Waals surface area (Å²) in [7, 11) is 1.88. The number of thiazole rings is 1. The summed E-state index contributed by atoms with van der Waals surface area (Å²) in [5, 5.41) is 2.86. The summed E-state index contributed by atoms with van der Waals surface area (Å²) in [5.74, 6) is 0.689. The first-order valence-electron chi connectivity index (χ1n) is 7.26. The normalized spacial score (nSPS) is 11.1. The van der Waals surface area contributed by atoms with Gasteiger partial charge in [-0.2, -0.15) is 0 Å². The Bertz CT molecular complexity index is 614. The molecule has 2 aromatic heterocycles. The molecule has 5 heteroatoms. The monoisotopic (exact) mass is 305 g/mol. The summed E-state index contributed by atoms with van der Waals surface area (Å²) in [6.07, 6.45) is 2.81. The summed E-state index contributed by atoms with van der Waals surface area (Å²) < 4.78 is 2.05. The highest BCUT2D eigenvalue weighted by Gasteiger charge is 2.20. The molecule has 2 heterocycles. The Morgan fingerprint density at radius 3 is 2.71 bits per heavy atom. The van der Waals surface area contributed by atoms with Gasteiger partial charge >= 0.3 is 0 Å². The Balaban J connectivity index is 2.25. The van der Waals surface area contributed by atoms with Crippen LogP contribution in [0, 0.1) is 19.8 Å². The van der Waals surface area contributed by atoms with Gasteiger partial charge in [-0.1, -0.05) is 13.8 Å². The zero-order valence-electron chi connectivity index (χ0n) is 13.4. The van der Waals surface area contributed by atoms with Crippen LogP contribution in [0.4, 0.5) is 0 Å². The summed E-state index contributed by atoms with van der Waals surface area (Å²) in [4.78, 5) is 18.8. The van der Waals surface area contributed by atoms with Gasteiger partial charge in [0.25, 0.3) is 5.91 Å². The Hall–Kier alpha value is -1.62. The number of rotatable bonds is 5. The molecule has 0 unspecified atom stereocenters. The molecule has 0 saturated carbocycles. The number of hydrogen-bond acceptors (Lipinski definition) is 3. The van der Waals surface area contributed by atoms with Crippen LogP contribution in [0.3, 0.4) is 0 Å². The summed E-state index contributed by atoms with van der Waals surface area (Å²) >= 11 is 1.58. The van der Waals surface area contributed by atoms with Crippen LogP contribution in [0.15, 0.2) is 17.6 Å². The van der Waals surface area contributed by atoms with Crippen molar-refractivity contribution in [3.63, 3.8) is 0 Å². The molecule has 0 saturated heterocycles. The minimum atomic E-state index is 0.0894. The summed E-state index contributed by atoms with van der Waals surface area (Å²) in [6, 6.07) is 1.96. The number of aromatic nitrogens is 2. The first-order valence-corrected chi connectivity index (χ1v) is 8.14. The van der Waals surface area contributed by atoms with Gasteiger partial charge in [0.2, 0.25) is 0 Å². The second-order valence-corrected chi connectivity index (χ2v) is 6.72. The quantitative estimate of drug-likeness (QED) is 0.845. The van der Waals surface area contributed by atoms with E-state index in [1.54, 1.807) is 17.5 Å². The fourth-order valence-electron chi connectivity index (χ4n) is 2.36. The SMILES string of the molecule is Cc1cc(C(=O)N(C)CCC(C)C)c(C)n1-c1nccs1. The van der Waals surface area contributed by atoms with E-state index >= 15 is 0 Å². The van der Waals surface area contributed by atoms with Crippen LogP contribution < -0.4 is 0 Å². The molecule has 2 aromatic rings. The van der Waals surface area contributed by atoms with Gasteiger partial charge < -0.3 is 4.90 Å². The number of carbonyl (C=O) groups is 1. The third-order valence-electron chi connectivity index (χ3n) is 3.66. The molecule has 21 heavy (non-hydrogen) atoms. The molecule has 0 aliphatic carbocycles. The largest absolute Gasteiger partial charge is 0.342 e. The van der Waals surface area contributed by atoms with Gasteiger partial charge in [0.15, 0.2) is 5.13 Å². The van der Waals surface area contributed by atoms with E-state index in [1.807, 2.05) is 41.8 Å². The molecule has 0 fully saturated rings. The van der Waals surface area contributed by atoms with Crippen molar-refractivity contribution in [2.45, 2.75) is 34.1 Å². The van der Waals surface area contributed by atoms with Crippen molar-refractivity contribution in [2.75, 3.05) is 13.6 Å². The number of carbonyl (C=O) groups excluding carboxylic acids is 1. The first-order chi connectivity index (χ1) is 9.91. The highest BCUT2D eigenvalue weighted by atomic mass is 32.1. The van der Waals surface area contributed by atoms with Crippen LogP contribution in [0.2, 0.25) is 0 Å². The Morgan fingerprint density at radius 1 is 1.43 bits per heavy atom. The standard InChI is InChI=1S/C16H23N3OS/c1-11(2)6-8-18(5)15(20)14-10-12(3)19(13(14)4)16-17-7-9-21-16/h7,9-11H,6,8H2,1-5H3. The molecule has 0 aliphatic rings. The molecule has 0 spiro atoms. The molecule has 2 rings (SSSR count). The van der Waals surface area contributed by atoms with E-state index in [1.165, 1.54) is 0 Å². The first kappa shape index (κ1) is 15.8. The van der Waals surface area contributed by atoms with Crippen LogP contribution in [0.5, 0.6) is 0 Å². The van der Waals surface area contributed by atoms with Gasteiger partial charge in [-0.15, -0.1) is 11.3 Å². The maximum absolute atomic E-state index is 12.6. The third kappa shape index (κ3) is 3.35. The molecule has 1 amide bonds. The van der Waals surface area contributed by atoms with Gasteiger partial charge in [0, 0.05) is 36.6 Å². The van der Waals surface area contributed by atoms with Crippen LogP contribution in [-0.2, 0) is 0 Å². The Labute approximate surface area is 130 Å². The Morgan fingerprint density at radius 2 is 2.14 bits per heavy atom. The Kier molecular flexibility index (Phi) is 4.83. The van der Waals surface area contributed by atoms with Gasteiger partial charge in [-0.3, -0.25) is 9.36 Å². The zero-order valence-corrected chi connectivity index (χ0v) is 14.2. The maximum atomic E-state index is 12.6. The molecule has 0 aliphatic heterocycles. The van der Waals surface area contributed by atoms with E-state index in [4.69, 9.17) is 0 Å². The summed E-state index contributed by atoms with van der Waals surface area (Å²) in [6.45, 7) is 9.13. The molecule has 4 nitrogen and oxygen atoms in total. The van der Waals surface area contributed by atoms with Crippen molar-refractivity contribution in [3.05, 3.63) is 34.6 Å². The molecule has 114 valence electrons. The second kappa shape index (κ2) is 6.43. The lowest BCUT2D eigenvalue weighted by Gasteiger charge is -2.18. The molecular formula is C16H23N3OS. The lowest BCUT2D eigenvalue weighted by atomic mass is 10.1. The van der Waals surface area contributed by atoms with E-state index in [2.05, 4.69) is 18.8 Å². The molecular weight excluding hydrogens is 282 g/mol. The fourth-order valence-corrected chi connectivity index (χ4v) is 3.11. The van der Waals surface area contributed by atoms with E-state index < -0.39 is 0 Å². The predicted molar refractivity (Wildman–Crippen MR) is 87.3 cm³/mol. The number of aryl methyl sites for hydroxylation is 1. The van der Waals surface area contributed by atoms with E-state index in [0.29, 0.717) is 5.92 Å². The number of nitrogens with zero attached hydrogens (tertiary/aromatic N) is 3. The molecule has 0 bridgehead atoms. The lowest BCUT2D eigenvalue weighted by Crippen LogP contribution is -2.28. The fraction of sp³-hybridized carbons (Fsp3) is 0.500. The molecule has 0 atom stereocenters. The van der Waals surface area contributed by atoms with Gasteiger partial charge in [0.1, 0.15) is 0 Å². The average molecular weight is 305 g/mol. The van der Waals surface area contributed by atoms with Crippen LogP contribution in [-0.4, -0.2) is 34.0 Å². The minimum Gasteiger partial charge on any atom is -0.342 e. The predicted octanol–water partition coefficient (Wildman–Crippen LogP) is 3.67. The highest BCUT2D eigenvalue weighted by Crippen LogP contribution is 2.23. The van der Waals surface area contributed by atoms with Gasteiger partial charge in [-0.25, -0.2) is 4.98 Å². The van der Waals surface area contributed by atoms with Crippen LogP contribution in [0.25, 0.3) is 5.13 Å². The number of amides is 1. The van der Waals surface area contributed by atoms with Crippen molar-refractivity contribution in [2.24, 2.45) is 5.92 Å². The lowest BCUT2D eigenvalue weighted by molar-refractivity contribution is 0.0788. The zero-order chi connectivity index (χ0) is 15.6. The maximum Gasteiger partial charge on any atom is 0.255 e. The molecule has 0 N–H and O–H groups in total. The topological polar surface area (TPSA) is 38.1 Å². The minimum absolute atomic E-state index is 0.0894. The molecule has 0 aromatic carbocycles. The van der Waals surface area contributed by atoms with Gasteiger partial charge in [0.05, 0.1) is 5.56 Å². The highest BCUT2D eigenvalue weighted by molar-refractivity contribution is 7.12. The van der Waals surface area contributed by atoms with Crippen molar-refractivity contribution in [3.8, 4) is 5.13 Å². The van der Waals surface area contributed by atoms with Gasteiger partial charge in [-0.05, 0) is 32.3 Å². The van der Waals surface area contributed by atoms with E-state index in [9.17, 15) is 4.79 Å². The molecule has 0 radical (unpaired) electrons. The second-order valence-electron chi connectivity index (χ2n) is 5.84. The van der Waals surface area contributed by atoms with Crippen molar-refractivity contribution < 1.29 is 4.79 Å². The number of hydrogen-bond donors (Lipinski definition) is 0. The van der Waals surface area contributed by atoms with Crippen molar-refractivity contribution in [1.29, 1.82) is 0 Å². The van der Waals surface area contributed by atoms with E-state index in [0.717, 1.165) is 35.0 Å². The average Bonchev–Trinajstić information content (AvgIpc) is 3.03. The van der Waals surface area contributed by atoms with Crippen LogP contribution >= 0.6 is 11.3 Å². The van der Waals surface area contributed by atoms with Crippen LogP contribution in [0.1, 0.15) is 42.0 Å². The van der Waals surface area contributed by atoms with E-state index in [-0.39, 0.29) is 5.91 Å². The van der Waals surface area contributed by atoms with Crippen molar-refractivity contribution >= 4 is 17.2 Å².